The van der Waals surface area contributed by atoms with Gasteiger partial charge < -0.3 is 14.7 Å². The zero-order valence-electron chi connectivity index (χ0n) is 13.7. The fourth-order valence-corrected chi connectivity index (χ4v) is 4.02. The molecule has 3 heterocycles. The van der Waals surface area contributed by atoms with Gasteiger partial charge in [-0.3, -0.25) is 9.69 Å². The Morgan fingerprint density at radius 2 is 2.13 bits per heavy atom. The van der Waals surface area contributed by atoms with E-state index < -0.39 is 5.54 Å². The molecule has 6 heteroatoms. The summed E-state index contributed by atoms with van der Waals surface area (Å²) in [6, 6.07) is 3.91. The summed E-state index contributed by atoms with van der Waals surface area (Å²) in [5.74, 6) is 0.808. The second-order valence-corrected chi connectivity index (χ2v) is 6.35. The van der Waals surface area contributed by atoms with E-state index >= 15 is 0 Å². The van der Waals surface area contributed by atoms with E-state index in [1.807, 2.05) is 17.0 Å². The molecule has 0 saturated carbocycles. The minimum atomic E-state index is -0.408. The van der Waals surface area contributed by atoms with Crippen LogP contribution in [-0.4, -0.2) is 64.7 Å². The Bertz CT molecular complexity index is 564. The Morgan fingerprint density at radius 3 is 2.87 bits per heavy atom. The molecule has 23 heavy (non-hydrogen) atoms. The van der Waals surface area contributed by atoms with Gasteiger partial charge in [-0.1, -0.05) is 6.07 Å². The number of amides is 1. The zero-order chi connectivity index (χ0) is 16.3. The number of aromatic nitrogens is 1. The van der Waals surface area contributed by atoms with Crippen LogP contribution in [0, 0.1) is 0 Å². The molecule has 126 valence electrons. The molecular formula is C17H25N3O3. The summed E-state index contributed by atoms with van der Waals surface area (Å²) >= 11 is 0. The van der Waals surface area contributed by atoms with Crippen LogP contribution in [0.2, 0.25) is 0 Å². The smallest absolute Gasteiger partial charge is 0.243 e. The number of nitrogens with zero attached hydrogens (tertiary/aromatic N) is 3. The fourth-order valence-electron chi connectivity index (χ4n) is 4.02. The van der Waals surface area contributed by atoms with Crippen LogP contribution in [-0.2, 0) is 11.3 Å². The molecule has 0 radical (unpaired) electrons. The molecule has 1 unspecified atom stereocenters. The van der Waals surface area contributed by atoms with Crippen LogP contribution in [0.3, 0.4) is 0 Å². The molecule has 1 spiro atoms. The number of aliphatic hydroxyl groups is 1. The minimum Gasteiger partial charge on any atom is -0.481 e. The number of methoxy groups -OCH3 is 1. The van der Waals surface area contributed by atoms with Crippen molar-refractivity contribution in [1.82, 2.24) is 14.8 Å². The normalized spacial score (nSPS) is 25.3. The van der Waals surface area contributed by atoms with Crippen LogP contribution < -0.4 is 4.74 Å². The average molecular weight is 319 g/mol. The highest BCUT2D eigenvalue weighted by molar-refractivity contribution is 5.87. The predicted molar refractivity (Wildman–Crippen MR) is 86.1 cm³/mol. The predicted octanol–water partition coefficient (Wildman–Crippen LogP) is 1.04. The van der Waals surface area contributed by atoms with Crippen LogP contribution in [0.5, 0.6) is 5.88 Å². The van der Waals surface area contributed by atoms with Crippen molar-refractivity contribution in [3.05, 3.63) is 23.9 Å². The molecule has 0 aromatic carbocycles. The van der Waals surface area contributed by atoms with Crippen molar-refractivity contribution in [2.24, 2.45) is 0 Å². The van der Waals surface area contributed by atoms with Gasteiger partial charge >= 0.3 is 0 Å². The van der Waals surface area contributed by atoms with Gasteiger partial charge in [-0.2, -0.15) is 0 Å². The molecule has 2 saturated heterocycles. The van der Waals surface area contributed by atoms with Crippen LogP contribution in [0.1, 0.15) is 31.2 Å². The van der Waals surface area contributed by atoms with Crippen LogP contribution in [0.4, 0.5) is 0 Å². The Hall–Kier alpha value is -1.66. The van der Waals surface area contributed by atoms with E-state index in [0.29, 0.717) is 19.0 Å². The second-order valence-electron chi connectivity index (χ2n) is 6.35. The molecule has 1 atom stereocenters. The maximum Gasteiger partial charge on any atom is 0.243 e. The Balaban J connectivity index is 1.83. The monoisotopic (exact) mass is 319 g/mol. The molecule has 1 amide bonds. The molecule has 1 N–H and O–H groups in total. The molecule has 6 nitrogen and oxygen atoms in total. The first-order valence-corrected chi connectivity index (χ1v) is 8.34. The van der Waals surface area contributed by atoms with E-state index in [1.54, 1.807) is 13.3 Å². The summed E-state index contributed by atoms with van der Waals surface area (Å²) in [5.41, 5.74) is 0.609. The third-order valence-electron chi connectivity index (χ3n) is 5.10. The van der Waals surface area contributed by atoms with Crippen molar-refractivity contribution >= 4 is 5.91 Å². The summed E-state index contributed by atoms with van der Waals surface area (Å²) in [6.07, 6.45) is 5.54. The van der Waals surface area contributed by atoms with Crippen LogP contribution >= 0.6 is 0 Å². The lowest BCUT2D eigenvalue weighted by molar-refractivity contribution is -0.148. The number of piperidine rings is 1. The SMILES string of the molecule is COc1ncccc1CN1CCCC12CCCN(CCO)C2=O. The van der Waals surface area contributed by atoms with E-state index in [1.165, 1.54) is 0 Å². The van der Waals surface area contributed by atoms with Gasteiger partial charge in [0.15, 0.2) is 0 Å². The van der Waals surface area contributed by atoms with E-state index in [-0.39, 0.29) is 12.5 Å². The average Bonchev–Trinajstić information content (AvgIpc) is 2.96. The first-order chi connectivity index (χ1) is 11.2. The van der Waals surface area contributed by atoms with Crippen LogP contribution in [0.15, 0.2) is 18.3 Å². The number of aliphatic hydroxyl groups excluding tert-OH is 1. The number of rotatable bonds is 5. The topological polar surface area (TPSA) is 65.9 Å². The maximum atomic E-state index is 13.0. The highest BCUT2D eigenvalue weighted by Gasteiger charge is 2.50. The van der Waals surface area contributed by atoms with E-state index in [0.717, 1.165) is 44.3 Å². The third kappa shape index (κ3) is 2.93. The highest BCUT2D eigenvalue weighted by atomic mass is 16.5. The number of β-amino-alcohol motifs (C(OH)–C–C–N with tert-alkyl or cyclic N) is 1. The number of carbonyl (C=O) groups excluding carboxylic acids is 1. The number of hydrogen-bond donors (Lipinski definition) is 1. The van der Waals surface area contributed by atoms with Gasteiger partial charge in [-0.05, 0) is 38.3 Å². The highest BCUT2D eigenvalue weighted by Crippen LogP contribution is 2.39. The number of likely N-dealkylation sites (tertiary alicyclic amines) is 2. The molecular weight excluding hydrogens is 294 g/mol. The second kappa shape index (κ2) is 6.84. The van der Waals surface area contributed by atoms with Gasteiger partial charge in [-0.25, -0.2) is 4.98 Å². The molecule has 2 aliphatic heterocycles. The van der Waals surface area contributed by atoms with Gasteiger partial charge in [0, 0.05) is 31.4 Å². The lowest BCUT2D eigenvalue weighted by atomic mass is 9.85. The van der Waals surface area contributed by atoms with Gasteiger partial charge in [0.05, 0.1) is 13.7 Å². The summed E-state index contributed by atoms with van der Waals surface area (Å²) in [5, 5.41) is 9.20. The summed E-state index contributed by atoms with van der Waals surface area (Å²) in [4.78, 5) is 21.4. The summed E-state index contributed by atoms with van der Waals surface area (Å²) in [6.45, 7) is 2.81. The third-order valence-corrected chi connectivity index (χ3v) is 5.10. The number of hydrogen-bond acceptors (Lipinski definition) is 5. The minimum absolute atomic E-state index is 0.0260. The Kier molecular flexibility index (Phi) is 4.82. The lowest BCUT2D eigenvalue weighted by Crippen LogP contribution is -2.60. The van der Waals surface area contributed by atoms with E-state index in [9.17, 15) is 9.90 Å². The van der Waals surface area contributed by atoms with Gasteiger partial charge in [0.1, 0.15) is 5.54 Å². The van der Waals surface area contributed by atoms with Crippen molar-refractivity contribution in [3.63, 3.8) is 0 Å². The quantitative estimate of drug-likeness (QED) is 0.878. The van der Waals surface area contributed by atoms with Crippen molar-refractivity contribution < 1.29 is 14.6 Å². The van der Waals surface area contributed by atoms with Crippen molar-refractivity contribution in [1.29, 1.82) is 0 Å². The number of ether oxygens (including phenoxy) is 1. The fraction of sp³-hybridized carbons (Fsp3) is 0.647. The number of pyridine rings is 1. The summed E-state index contributed by atoms with van der Waals surface area (Å²) < 4.78 is 5.35. The molecule has 2 aliphatic rings. The van der Waals surface area contributed by atoms with E-state index in [4.69, 9.17) is 4.74 Å². The number of carbonyl (C=O) groups is 1. The Labute approximate surface area is 137 Å². The van der Waals surface area contributed by atoms with Crippen LogP contribution in [0.25, 0.3) is 0 Å². The van der Waals surface area contributed by atoms with Gasteiger partial charge in [-0.15, -0.1) is 0 Å². The first kappa shape index (κ1) is 16.2. The van der Waals surface area contributed by atoms with Crippen molar-refractivity contribution in [3.8, 4) is 5.88 Å². The lowest BCUT2D eigenvalue weighted by Gasteiger charge is -2.44. The molecule has 2 fully saturated rings. The molecule has 0 aliphatic carbocycles. The standard InChI is InChI=1S/C17H25N3O3/c1-23-15-14(5-2-8-18-15)13-20-10-4-7-17(20)6-3-9-19(11-12-21)16(17)22/h2,5,8,21H,3-4,6-7,9-13H2,1H3. The zero-order valence-corrected chi connectivity index (χ0v) is 13.7. The summed E-state index contributed by atoms with van der Waals surface area (Å²) in [7, 11) is 1.63. The molecule has 1 aromatic heterocycles. The molecule has 1 aromatic rings. The van der Waals surface area contributed by atoms with Crippen molar-refractivity contribution in [2.45, 2.75) is 37.8 Å². The largest absolute Gasteiger partial charge is 0.481 e. The Morgan fingerprint density at radius 1 is 1.35 bits per heavy atom. The van der Waals surface area contributed by atoms with E-state index in [2.05, 4.69) is 9.88 Å². The van der Waals surface area contributed by atoms with Gasteiger partial charge in [0.2, 0.25) is 11.8 Å². The molecule has 3 rings (SSSR count). The first-order valence-electron chi connectivity index (χ1n) is 8.34. The molecule has 0 bridgehead atoms. The van der Waals surface area contributed by atoms with Crippen molar-refractivity contribution in [2.75, 3.05) is 33.4 Å². The van der Waals surface area contributed by atoms with Gasteiger partial charge in [0.25, 0.3) is 0 Å². The maximum absolute atomic E-state index is 13.0.